The fourth-order valence-corrected chi connectivity index (χ4v) is 3.51. The number of rotatable bonds is 5. The third-order valence-electron chi connectivity index (χ3n) is 5.32. The van der Waals surface area contributed by atoms with Crippen LogP contribution < -0.4 is 10.1 Å². The summed E-state index contributed by atoms with van der Waals surface area (Å²) in [5.41, 5.74) is 1.58. The molecule has 0 fully saturated rings. The first-order chi connectivity index (χ1) is 15.4. The first-order valence-corrected chi connectivity index (χ1v) is 10.1. The van der Waals surface area contributed by atoms with Crippen LogP contribution in [-0.4, -0.2) is 24.4 Å². The van der Waals surface area contributed by atoms with Gasteiger partial charge in [-0.3, -0.25) is 0 Å². The Morgan fingerprint density at radius 2 is 1.85 bits per heavy atom. The molecule has 0 bridgehead atoms. The summed E-state index contributed by atoms with van der Waals surface area (Å²) >= 11 is 0. The fourth-order valence-electron chi connectivity index (χ4n) is 3.51. The second kappa shape index (κ2) is 9.07. The highest BCUT2D eigenvalue weighted by atomic mass is 19.4. The molecular weight excluding hydrogens is 434 g/mol. The van der Waals surface area contributed by atoms with E-state index in [2.05, 4.69) is 23.2 Å². The number of benzene rings is 2. The average Bonchev–Trinajstić information content (AvgIpc) is 3.07. The molecule has 1 heterocycles. The van der Waals surface area contributed by atoms with Crippen molar-refractivity contribution in [3.63, 3.8) is 0 Å². The number of hydrogen-bond acceptors (Lipinski definition) is 3. The van der Waals surface area contributed by atoms with E-state index in [1.54, 1.807) is 45.0 Å². The minimum absolute atomic E-state index is 0.137. The van der Waals surface area contributed by atoms with Crippen LogP contribution in [0.15, 0.2) is 36.4 Å². The molecule has 0 atom stereocenters. The maximum Gasteiger partial charge on any atom is 0.406 e. The van der Waals surface area contributed by atoms with Gasteiger partial charge in [0.25, 0.3) is 0 Å². The van der Waals surface area contributed by atoms with Crippen molar-refractivity contribution in [1.29, 1.82) is 5.26 Å². The standard InChI is InChI=1S/C25H23F4N3O/c1-16-10-18(26)12-22-20(16)13-19(32(22)15-25(27,28)29)6-5-9-31-21-8-7-17(11-23(21)33-4)24(2,3)14-30/h7-8,10-13,31H,9,15H2,1-4H3. The smallest absolute Gasteiger partial charge is 0.406 e. The zero-order chi connectivity index (χ0) is 24.4. The zero-order valence-electron chi connectivity index (χ0n) is 18.7. The number of aryl methyl sites for hydroxylation is 1. The summed E-state index contributed by atoms with van der Waals surface area (Å²) in [6.45, 7) is 4.12. The summed E-state index contributed by atoms with van der Waals surface area (Å²) in [7, 11) is 1.51. The molecule has 0 saturated heterocycles. The number of halogens is 4. The van der Waals surface area contributed by atoms with Crippen molar-refractivity contribution < 1.29 is 22.3 Å². The number of anilines is 1. The Labute approximate surface area is 189 Å². The molecule has 33 heavy (non-hydrogen) atoms. The third-order valence-corrected chi connectivity index (χ3v) is 5.32. The van der Waals surface area contributed by atoms with Gasteiger partial charge in [0.05, 0.1) is 42.0 Å². The lowest BCUT2D eigenvalue weighted by atomic mass is 9.86. The largest absolute Gasteiger partial charge is 0.495 e. The molecule has 1 aromatic heterocycles. The number of fused-ring (bicyclic) bond motifs is 1. The fraction of sp³-hybridized carbons (Fsp3) is 0.320. The van der Waals surface area contributed by atoms with Crippen molar-refractivity contribution in [3.05, 3.63) is 59.0 Å². The van der Waals surface area contributed by atoms with Crippen LogP contribution in [0.2, 0.25) is 0 Å². The molecule has 3 rings (SSSR count). The van der Waals surface area contributed by atoms with E-state index in [-0.39, 0.29) is 17.8 Å². The van der Waals surface area contributed by atoms with E-state index in [9.17, 15) is 22.8 Å². The van der Waals surface area contributed by atoms with Crippen molar-refractivity contribution in [2.24, 2.45) is 0 Å². The number of nitrogens with one attached hydrogen (secondary N) is 1. The number of methoxy groups -OCH3 is 1. The van der Waals surface area contributed by atoms with E-state index in [1.807, 2.05) is 0 Å². The molecule has 0 spiro atoms. The van der Waals surface area contributed by atoms with Crippen molar-refractivity contribution >= 4 is 16.6 Å². The quantitative estimate of drug-likeness (QED) is 0.382. The average molecular weight is 457 g/mol. The van der Waals surface area contributed by atoms with Gasteiger partial charge in [-0.15, -0.1) is 0 Å². The number of hydrogen-bond donors (Lipinski definition) is 1. The molecule has 0 aliphatic carbocycles. The van der Waals surface area contributed by atoms with Crippen molar-refractivity contribution in [2.45, 2.75) is 38.9 Å². The lowest BCUT2D eigenvalue weighted by Crippen LogP contribution is -2.18. The van der Waals surface area contributed by atoms with Crippen molar-refractivity contribution in [2.75, 3.05) is 19.0 Å². The SMILES string of the molecule is COc1cc(C(C)(C)C#N)ccc1NCC#Cc1cc2c(C)cc(F)cc2n1CC(F)(F)F. The predicted octanol–water partition coefficient (Wildman–Crippen LogP) is 5.92. The number of aromatic nitrogens is 1. The highest BCUT2D eigenvalue weighted by molar-refractivity contribution is 5.85. The molecule has 1 N–H and O–H groups in total. The molecule has 3 aromatic rings. The van der Waals surface area contributed by atoms with E-state index in [1.165, 1.54) is 13.2 Å². The monoisotopic (exact) mass is 457 g/mol. The Bertz CT molecular complexity index is 1290. The molecule has 0 amide bonds. The van der Waals surface area contributed by atoms with Crippen LogP contribution in [0.3, 0.4) is 0 Å². The van der Waals surface area contributed by atoms with Gasteiger partial charge >= 0.3 is 6.18 Å². The van der Waals surface area contributed by atoms with Crippen molar-refractivity contribution in [3.8, 4) is 23.7 Å². The maximum atomic E-state index is 13.8. The van der Waals surface area contributed by atoms with E-state index in [0.717, 1.165) is 16.2 Å². The molecule has 2 aromatic carbocycles. The van der Waals surface area contributed by atoms with E-state index in [4.69, 9.17) is 4.74 Å². The third kappa shape index (κ3) is 5.40. The van der Waals surface area contributed by atoms with E-state index in [0.29, 0.717) is 22.4 Å². The Balaban J connectivity index is 1.88. The van der Waals surface area contributed by atoms with Crippen molar-refractivity contribution in [1.82, 2.24) is 4.57 Å². The maximum absolute atomic E-state index is 13.8. The molecule has 0 radical (unpaired) electrons. The summed E-state index contributed by atoms with van der Waals surface area (Å²) in [6, 6.07) is 11.5. The Hall–Kier alpha value is -3.65. The molecule has 0 unspecified atom stereocenters. The first-order valence-electron chi connectivity index (χ1n) is 10.1. The molecule has 4 nitrogen and oxygen atoms in total. The summed E-state index contributed by atoms with van der Waals surface area (Å²) in [6.07, 6.45) is -4.48. The summed E-state index contributed by atoms with van der Waals surface area (Å²) in [5, 5.41) is 12.9. The van der Waals surface area contributed by atoms with Gasteiger partial charge in [0.1, 0.15) is 18.1 Å². The highest BCUT2D eigenvalue weighted by Gasteiger charge is 2.30. The highest BCUT2D eigenvalue weighted by Crippen LogP contribution is 2.32. The Kier molecular flexibility index (Phi) is 6.60. The van der Waals surface area contributed by atoms with Gasteiger partial charge in [-0.1, -0.05) is 12.0 Å². The number of nitrogens with zero attached hydrogens (tertiary/aromatic N) is 2. The minimum Gasteiger partial charge on any atom is -0.495 e. The van der Waals surface area contributed by atoms with E-state index >= 15 is 0 Å². The van der Waals surface area contributed by atoms with Crippen LogP contribution >= 0.6 is 0 Å². The van der Waals surface area contributed by atoms with Crippen LogP contribution in [0.5, 0.6) is 5.75 Å². The lowest BCUT2D eigenvalue weighted by Gasteiger charge is -2.18. The lowest BCUT2D eigenvalue weighted by molar-refractivity contribution is -0.140. The summed E-state index contributed by atoms with van der Waals surface area (Å²) in [5.74, 6) is 5.52. The molecule has 172 valence electrons. The summed E-state index contributed by atoms with van der Waals surface area (Å²) < 4.78 is 59.7. The first kappa shape index (κ1) is 24.0. The second-order valence-corrected chi connectivity index (χ2v) is 8.19. The topological polar surface area (TPSA) is 50.0 Å². The summed E-state index contributed by atoms with van der Waals surface area (Å²) in [4.78, 5) is 0. The molecule has 0 aliphatic rings. The van der Waals surface area contributed by atoms with Crippen LogP contribution in [0.1, 0.15) is 30.7 Å². The normalized spacial score (nSPS) is 11.6. The number of alkyl halides is 3. The van der Waals surface area contributed by atoms with Gasteiger partial charge in [0.15, 0.2) is 0 Å². The van der Waals surface area contributed by atoms with E-state index < -0.39 is 24.0 Å². The van der Waals surface area contributed by atoms with Gasteiger partial charge in [0, 0.05) is 5.39 Å². The van der Waals surface area contributed by atoms with Crippen LogP contribution in [-0.2, 0) is 12.0 Å². The molecule has 0 saturated carbocycles. The van der Waals surface area contributed by atoms with Crippen LogP contribution in [0.25, 0.3) is 10.9 Å². The zero-order valence-corrected chi connectivity index (χ0v) is 18.7. The molecule has 8 heteroatoms. The Morgan fingerprint density at radius 3 is 2.48 bits per heavy atom. The van der Waals surface area contributed by atoms with Gasteiger partial charge in [-0.25, -0.2) is 4.39 Å². The van der Waals surface area contributed by atoms with Crippen LogP contribution in [0.4, 0.5) is 23.2 Å². The minimum atomic E-state index is -4.48. The number of ether oxygens (including phenoxy) is 1. The predicted molar refractivity (Wildman–Crippen MR) is 120 cm³/mol. The Morgan fingerprint density at radius 1 is 1.12 bits per heavy atom. The van der Waals surface area contributed by atoms with Gasteiger partial charge in [-0.2, -0.15) is 18.4 Å². The number of nitriles is 1. The molecule has 0 aliphatic heterocycles. The van der Waals surface area contributed by atoms with Gasteiger partial charge in [-0.05, 0) is 68.2 Å². The molecular formula is C25H23F4N3O. The van der Waals surface area contributed by atoms with Gasteiger partial charge < -0.3 is 14.6 Å². The van der Waals surface area contributed by atoms with Gasteiger partial charge in [0.2, 0.25) is 0 Å². The second-order valence-electron chi connectivity index (χ2n) is 8.19. The van der Waals surface area contributed by atoms with Crippen LogP contribution in [0, 0.1) is 35.9 Å².